The van der Waals surface area contributed by atoms with Crippen LogP contribution in [-0.4, -0.2) is 60.7 Å². The van der Waals surface area contributed by atoms with E-state index >= 15 is 0 Å². The Labute approximate surface area is 183 Å². The van der Waals surface area contributed by atoms with E-state index in [0.717, 1.165) is 0 Å². The summed E-state index contributed by atoms with van der Waals surface area (Å²) in [5.74, 6) is -1.51. The zero-order chi connectivity index (χ0) is 22.9. The normalized spacial score (nSPS) is 18.2. The van der Waals surface area contributed by atoms with Crippen LogP contribution in [0.3, 0.4) is 0 Å². The SMILES string of the molecule is Cn1ncc2c(=O)n(CC3(O)CCN(CCC(c4ccccc4)C(F)(F)F)CC3)cnc21. The van der Waals surface area contributed by atoms with E-state index in [1.807, 2.05) is 4.90 Å². The molecular formula is C22H26F3N5O2. The van der Waals surface area contributed by atoms with Crippen molar-refractivity contribution in [3.05, 3.63) is 58.8 Å². The van der Waals surface area contributed by atoms with Crippen molar-refractivity contribution in [3.8, 4) is 0 Å². The molecule has 1 N–H and O–H groups in total. The minimum absolute atomic E-state index is 0.0347. The number of fused-ring (bicyclic) bond motifs is 1. The molecule has 32 heavy (non-hydrogen) atoms. The van der Waals surface area contributed by atoms with Gasteiger partial charge in [0.25, 0.3) is 5.56 Å². The summed E-state index contributed by atoms with van der Waals surface area (Å²) in [5.41, 5.74) is -0.632. The van der Waals surface area contributed by atoms with E-state index in [1.54, 1.807) is 25.2 Å². The third kappa shape index (κ3) is 4.71. The van der Waals surface area contributed by atoms with Gasteiger partial charge in [0.1, 0.15) is 11.7 Å². The lowest BCUT2D eigenvalue weighted by molar-refractivity contribution is -0.153. The Morgan fingerprint density at radius 1 is 1.19 bits per heavy atom. The maximum Gasteiger partial charge on any atom is 0.395 e. The van der Waals surface area contributed by atoms with Gasteiger partial charge in [-0.2, -0.15) is 18.3 Å². The maximum absolute atomic E-state index is 13.6. The number of hydrogen-bond donors (Lipinski definition) is 1. The third-order valence-corrected chi connectivity index (χ3v) is 6.30. The fourth-order valence-electron chi connectivity index (χ4n) is 4.36. The topological polar surface area (TPSA) is 76.2 Å². The zero-order valence-corrected chi connectivity index (χ0v) is 17.8. The molecule has 0 aliphatic carbocycles. The highest BCUT2D eigenvalue weighted by Crippen LogP contribution is 2.37. The second-order valence-corrected chi connectivity index (χ2v) is 8.54. The monoisotopic (exact) mass is 449 g/mol. The van der Waals surface area contributed by atoms with E-state index in [9.17, 15) is 23.1 Å². The molecule has 1 fully saturated rings. The Balaban J connectivity index is 1.37. The first-order valence-corrected chi connectivity index (χ1v) is 10.6. The summed E-state index contributed by atoms with van der Waals surface area (Å²) in [7, 11) is 1.70. The number of nitrogens with zero attached hydrogens (tertiary/aromatic N) is 5. The van der Waals surface area contributed by atoms with E-state index in [0.29, 0.717) is 37.0 Å². The van der Waals surface area contributed by atoms with Crippen LogP contribution in [-0.2, 0) is 13.6 Å². The summed E-state index contributed by atoms with van der Waals surface area (Å²) in [6.07, 6.45) is -0.745. The van der Waals surface area contributed by atoms with Gasteiger partial charge < -0.3 is 10.0 Å². The van der Waals surface area contributed by atoms with Crippen molar-refractivity contribution in [3.63, 3.8) is 0 Å². The molecule has 0 spiro atoms. The molecule has 1 unspecified atom stereocenters. The first-order chi connectivity index (χ1) is 15.2. The molecule has 2 aromatic heterocycles. The van der Waals surface area contributed by atoms with Crippen LogP contribution in [0.5, 0.6) is 0 Å². The van der Waals surface area contributed by atoms with E-state index in [4.69, 9.17) is 0 Å². The third-order valence-electron chi connectivity index (χ3n) is 6.30. The Hall–Kier alpha value is -2.72. The van der Waals surface area contributed by atoms with Crippen molar-refractivity contribution in [2.24, 2.45) is 7.05 Å². The molecule has 3 aromatic rings. The van der Waals surface area contributed by atoms with Gasteiger partial charge in [0.05, 0.1) is 24.3 Å². The van der Waals surface area contributed by atoms with Crippen molar-refractivity contribution < 1.29 is 18.3 Å². The number of aliphatic hydroxyl groups is 1. The second-order valence-electron chi connectivity index (χ2n) is 8.54. The predicted molar refractivity (Wildman–Crippen MR) is 113 cm³/mol. The van der Waals surface area contributed by atoms with Gasteiger partial charge in [0.2, 0.25) is 0 Å². The first kappa shape index (κ1) is 22.5. The number of alkyl halides is 3. The molecule has 0 bridgehead atoms. The van der Waals surface area contributed by atoms with Gasteiger partial charge in [0.15, 0.2) is 5.65 Å². The van der Waals surface area contributed by atoms with Crippen LogP contribution in [0, 0.1) is 0 Å². The van der Waals surface area contributed by atoms with Crippen LogP contribution in [0.2, 0.25) is 0 Å². The van der Waals surface area contributed by atoms with Crippen molar-refractivity contribution in [2.75, 3.05) is 19.6 Å². The van der Waals surface area contributed by atoms with Crippen LogP contribution in [0.25, 0.3) is 11.0 Å². The van der Waals surface area contributed by atoms with Crippen molar-refractivity contribution >= 4 is 11.0 Å². The van der Waals surface area contributed by atoms with Gasteiger partial charge in [-0.3, -0.25) is 14.0 Å². The first-order valence-electron chi connectivity index (χ1n) is 10.6. The average Bonchev–Trinajstić information content (AvgIpc) is 3.13. The molecule has 4 rings (SSSR count). The van der Waals surface area contributed by atoms with Crippen LogP contribution < -0.4 is 5.56 Å². The number of benzene rings is 1. The van der Waals surface area contributed by atoms with Gasteiger partial charge in [-0.15, -0.1) is 0 Å². The van der Waals surface area contributed by atoms with Gasteiger partial charge >= 0.3 is 6.18 Å². The highest BCUT2D eigenvalue weighted by molar-refractivity contribution is 5.72. The van der Waals surface area contributed by atoms with Crippen LogP contribution in [0.15, 0.2) is 47.7 Å². The molecule has 3 heterocycles. The smallest absolute Gasteiger partial charge is 0.388 e. The largest absolute Gasteiger partial charge is 0.395 e. The number of aromatic nitrogens is 4. The molecule has 1 aliphatic rings. The Morgan fingerprint density at radius 2 is 1.88 bits per heavy atom. The molecule has 1 aromatic carbocycles. The zero-order valence-electron chi connectivity index (χ0n) is 17.8. The summed E-state index contributed by atoms with van der Waals surface area (Å²) in [6, 6.07) is 7.97. The van der Waals surface area contributed by atoms with Gasteiger partial charge in [-0.05, 0) is 31.4 Å². The molecule has 1 aliphatic heterocycles. The van der Waals surface area contributed by atoms with E-state index in [-0.39, 0.29) is 30.6 Å². The van der Waals surface area contributed by atoms with Crippen LogP contribution >= 0.6 is 0 Å². The van der Waals surface area contributed by atoms with Crippen molar-refractivity contribution in [1.82, 2.24) is 24.2 Å². The summed E-state index contributed by atoms with van der Waals surface area (Å²) in [6.45, 7) is 1.31. The standard InChI is InChI=1S/C22H26F3N5O2/c1-28-19-17(13-27-28)20(31)30(15-26-19)14-21(32)8-11-29(12-9-21)10-7-18(22(23,24)25)16-5-3-2-4-6-16/h2-6,13,15,18,32H,7-12,14H2,1H3. The van der Waals surface area contributed by atoms with Crippen LogP contribution in [0.4, 0.5) is 13.2 Å². The average molecular weight is 449 g/mol. The molecule has 0 amide bonds. The number of piperidine rings is 1. The number of rotatable bonds is 6. The van der Waals surface area contributed by atoms with Gasteiger partial charge in [-0.1, -0.05) is 30.3 Å². The summed E-state index contributed by atoms with van der Waals surface area (Å²) in [4.78, 5) is 18.9. The minimum Gasteiger partial charge on any atom is -0.388 e. The highest BCUT2D eigenvalue weighted by atomic mass is 19.4. The molecule has 0 saturated carbocycles. The molecule has 1 atom stereocenters. The summed E-state index contributed by atoms with van der Waals surface area (Å²) in [5, 5.41) is 15.4. The summed E-state index contributed by atoms with van der Waals surface area (Å²) < 4.78 is 43.6. The number of halogens is 3. The number of aryl methyl sites for hydroxylation is 1. The molecule has 172 valence electrons. The van der Waals surface area contributed by atoms with E-state index in [2.05, 4.69) is 10.1 Å². The van der Waals surface area contributed by atoms with Gasteiger partial charge in [-0.25, -0.2) is 4.98 Å². The highest BCUT2D eigenvalue weighted by Gasteiger charge is 2.41. The lowest BCUT2D eigenvalue weighted by Crippen LogP contribution is -2.48. The molecule has 10 heteroatoms. The maximum atomic E-state index is 13.6. The molecule has 1 saturated heterocycles. The molecule has 0 radical (unpaired) electrons. The lowest BCUT2D eigenvalue weighted by atomic mass is 9.90. The fraction of sp³-hybridized carbons (Fsp3) is 0.500. The Bertz CT molecular complexity index is 1120. The molecule has 7 nitrogen and oxygen atoms in total. The number of likely N-dealkylation sites (tertiary alicyclic amines) is 1. The van der Waals surface area contributed by atoms with Gasteiger partial charge in [0, 0.05) is 20.1 Å². The minimum atomic E-state index is -4.31. The summed E-state index contributed by atoms with van der Waals surface area (Å²) >= 11 is 0. The Kier molecular flexibility index (Phi) is 6.09. The predicted octanol–water partition coefficient (Wildman–Crippen LogP) is 2.69. The second kappa shape index (κ2) is 8.67. The van der Waals surface area contributed by atoms with E-state index in [1.165, 1.54) is 33.9 Å². The Morgan fingerprint density at radius 3 is 2.53 bits per heavy atom. The van der Waals surface area contributed by atoms with Crippen LogP contribution in [0.1, 0.15) is 30.7 Å². The fourth-order valence-corrected chi connectivity index (χ4v) is 4.36. The molecular weight excluding hydrogens is 423 g/mol. The quantitative estimate of drug-likeness (QED) is 0.626. The number of hydrogen-bond acceptors (Lipinski definition) is 5. The lowest BCUT2D eigenvalue weighted by Gasteiger charge is -2.39. The van der Waals surface area contributed by atoms with E-state index < -0.39 is 17.7 Å². The van der Waals surface area contributed by atoms with Crippen molar-refractivity contribution in [2.45, 2.75) is 43.5 Å². The van der Waals surface area contributed by atoms with Crippen molar-refractivity contribution in [1.29, 1.82) is 0 Å².